The molecule has 3 nitrogen and oxygen atoms in total. The van der Waals surface area contributed by atoms with Crippen LogP contribution in [0.4, 0.5) is 0 Å². The molecule has 2 aromatic carbocycles. The molecule has 0 atom stereocenters. The maximum atomic E-state index is 9.13. The molecule has 3 aromatic rings. The van der Waals surface area contributed by atoms with Gasteiger partial charge in [0.1, 0.15) is 17.3 Å². The molecule has 0 bridgehead atoms. The van der Waals surface area contributed by atoms with Crippen LogP contribution in [0.15, 0.2) is 54.7 Å². The number of rotatable bonds is 2. The van der Waals surface area contributed by atoms with E-state index >= 15 is 0 Å². The standard InChI is InChI=1S/C16H9ClN2O/c17-13-6-7-14(12(9-13)10-18)20-15-5-1-3-11-4-2-8-19-16(11)15/h1-9H. The summed E-state index contributed by atoms with van der Waals surface area (Å²) in [4.78, 5) is 4.32. The molecule has 0 aliphatic carbocycles. The zero-order valence-corrected chi connectivity index (χ0v) is 11.1. The lowest BCUT2D eigenvalue weighted by Crippen LogP contribution is -1.90. The zero-order chi connectivity index (χ0) is 13.9. The SMILES string of the molecule is N#Cc1cc(Cl)ccc1Oc1cccc2cccnc12. The lowest BCUT2D eigenvalue weighted by Gasteiger charge is -2.09. The lowest BCUT2D eigenvalue weighted by molar-refractivity contribution is 0.485. The summed E-state index contributed by atoms with van der Waals surface area (Å²) in [5.41, 5.74) is 1.15. The molecule has 96 valence electrons. The fourth-order valence-electron chi connectivity index (χ4n) is 1.96. The number of para-hydroxylation sites is 1. The molecule has 0 saturated heterocycles. The maximum Gasteiger partial charge on any atom is 0.153 e. The summed E-state index contributed by atoms with van der Waals surface area (Å²) in [7, 11) is 0. The number of benzene rings is 2. The third-order valence-electron chi connectivity index (χ3n) is 2.88. The average Bonchev–Trinajstić information content (AvgIpc) is 2.49. The van der Waals surface area contributed by atoms with Gasteiger partial charge in [0.2, 0.25) is 0 Å². The molecule has 0 fully saturated rings. The van der Waals surface area contributed by atoms with E-state index in [4.69, 9.17) is 21.6 Å². The first-order valence-electron chi connectivity index (χ1n) is 5.99. The predicted octanol–water partition coefficient (Wildman–Crippen LogP) is 4.55. The number of aromatic nitrogens is 1. The third kappa shape index (κ3) is 2.29. The van der Waals surface area contributed by atoms with E-state index in [1.54, 1.807) is 24.4 Å². The Labute approximate surface area is 121 Å². The number of nitrogens with zero attached hydrogens (tertiary/aromatic N) is 2. The quantitative estimate of drug-likeness (QED) is 0.691. The maximum absolute atomic E-state index is 9.13. The Balaban J connectivity index is 2.08. The molecule has 4 heteroatoms. The molecular weight excluding hydrogens is 272 g/mol. The molecule has 0 aliphatic heterocycles. The molecular formula is C16H9ClN2O. The smallest absolute Gasteiger partial charge is 0.153 e. The first kappa shape index (κ1) is 12.5. The van der Waals surface area contributed by atoms with Crippen LogP contribution in [0, 0.1) is 11.3 Å². The van der Waals surface area contributed by atoms with Crippen LogP contribution in [0.25, 0.3) is 10.9 Å². The van der Waals surface area contributed by atoms with Gasteiger partial charge in [0.05, 0.1) is 5.56 Å². The lowest BCUT2D eigenvalue weighted by atomic mass is 10.2. The summed E-state index contributed by atoms with van der Waals surface area (Å²) >= 11 is 5.87. The second kappa shape index (κ2) is 5.20. The third-order valence-corrected chi connectivity index (χ3v) is 3.11. The number of halogens is 1. The van der Waals surface area contributed by atoms with Crippen molar-refractivity contribution in [1.29, 1.82) is 5.26 Å². The molecule has 20 heavy (non-hydrogen) atoms. The number of ether oxygens (including phenoxy) is 1. The molecule has 0 aliphatic rings. The van der Waals surface area contributed by atoms with Gasteiger partial charge in [0.25, 0.3) is 0 Å². The van der Waals surface area contributed by atoms with Crippen LogP contribution in [0.5, 0.6) is 11.5 Å². The van der Waals surface area contributed by atoms with Gasteiger partial charge < -0.3 is 4.74 Å². The fourth-order valence-corrected chi connectivity index (χ4v) is 2.13. The summed E-state index contributed by atoms with van der Waals surface area (Å²) in [6.07, 6.45) is 1.71. The van der Waals surface area contributed by atoms with Gasteiger partial charge in [-0.1, -0.05) is 29.8 Å². The van der Waals surface area contributed by atoms with E-state index in [2.05, 4.69) is 11.1 Å². The number of nitriles is 1. The van der Waals surface area contributed by atoms with Crippen molar-refractivity contribution >= 4 is 22.5 Å². The summed E-state index contributed by atoms with van der Waals surface area (Å²) in [6, 6.07) is 16.5. The van der Waals surface area contributed by atoms with E-state index in [0.717, 1.165) is 10.9 Å². The minimum atomic E-state index is 0.394. The van der Waals surface area contributed by atoms with Crippen LogP contribution in [-0.4, -0.2) is 4.98 Å². The van der Waals surface area contributed by atoms with Gasteiger partial charge >= 0.3 is 0 Å². The van der Waals surface area contributed by atoms with Crippen molar-refractivity contribution in [2.75, 3.05) is 0 Å². The largest absolute Gasteiger partial charge is 0.454 e. The van der Waals surface area contributed by atoms with Gasteiger partial charge in [-0.05, 0) is 30.3 Å². The van der Waals surface area contributed by atoms with Crippen LogP contribution < -0.4 is 4.74 Å². The monoisotopic (exact) mass is 280 g/mol. The van der Waals surface area contributed by atoms with Crippen molar-refractivity contribution < 1.29 is 4.74 Å². The normalized spacial score (nSPS) is 10.2. The van der Waals surface area contributed by atoms with Crippen LogP contribution in [0.1, 0.15) is 5.56 Å². The molecule has 0 spiro atoms. The topological polar surface area (TPSA) is 45.9 Å². The van der Waals surface area contributed by atoms with Crippen molar-refractivity contribution in [3.05, 3.63) is 65.3 Å². The van der Waals surface area contributed by atoms with Gasteiger partial charge in [0, 0.05) is 16.6 Å². The molecule has 0 radical (unpaired) electrons. The number of hydrogen-bond acceptors (Lipinski definition) is 3. The van der Waals surface area contributed by atoms with Gasteiger partial charge in [-0.2, -0.15) is 5.26 Å². The van der Waals surface area contributed by atoms with Gasteiger partial charge in [0.15, 0.2) is 5.75 Å². The summed E-state index contributed by atoms with van der Waals surface area (Å²) in [5, 5.41) is 10.6. The van der Waals surface area contributed by atoms with Gasteiger partial charge in [-0.15, -0.1) is 0 Å². The number of hydrogen-bond donors (Lipinski definition) is 0. The highest BCUT2D eigenvalue weighted by atomic mass is 35.5. The summed E-state index contributed by atoms with van der Waals surface area (Å²) < 4.78 is 5.83. The Hall–Kier alpha value is -2.57. The zero-order valence-electron chi connectivity index (χ0n) is 10.4. The van der Waals surface area contributed by atoms with Gasteiger partial charge in [-0.3, -0.25) is 4.98 Å². The number of fused-ring (bicyclic) bond motifs is 1. The highest BCUT2D eigenvalue weighted by Gasteiger charge is 2.08. The van der Waals surface area contributed by atoms with Crippen LogP contribution in [-0.2, 0) is 0 Å². The second-order valence-corrected chi connectivity index (χ2v) is 4.62. The molecule has 3 rings (SSSR count). The highest BCUT2D eigenvalue weighted by Crippen LogP contribution is 2.31. The Morgan fingerprint density at radius 3 is 2.75 bits per heavy atom. The molecule has 0 N–H and O–H groups in total. The second-order valence-electron chi connectivity index (χ2n) is 4.19. The van der Waals surface area contributed by atoms with Crippen LogP contribution in [0.3, 0.4) is 0 Å². The first-order chi connectivity index (χ1) is 9.78. The minimum absolute atomic E-state index is 0.394. The highest BCUT2D eigenvalue weighted by molar-refractivity contribution is 6.30. The van der Waals surface area contributed by atoms with Gasteiger partial charge in [-0.25, -0.2) is 0 Å². The van der Waals surface area contributed by atoms with Crippen molar-refractivity contribution in [1.82, 2.24) is 4.98 Å². The van der Waals surface area contributed by atoms with Crippen molar-refractivity contribution in [2.45, 2.75) is 0 Å². The minimum Gasteiger partial charge on any atom is -0.454 e. The first-order valence-corrected chi connectivity index (χ1v) is 6.37. The molecule has 0 unspecified atom stereocenters. The summed E-state index contributed by atoms with van der Waals surface area (Å²) in [6.45, 7) is 0. The van der Waals surface area contributed by atoms with E-state index in [1.807, 2.05) is 30.3 Å². The van der Waals surface area contributed by atoms with E-state index in [0.29, 0.717) is 22.1 Å². The van der Waals surface area contributed by atoms with E-state index < -0.39 is 0 Å². The Morgan fingerprint density at radius 2 is 1.90 bits per heavy atom. The Bertz CT molecular complexity index is 819. The Morgan fingerprint density at radius 1 is 1.05 bits per heavy atom. The Kier molecular flexibility index (Phi) is 3.24. The molecule has 1 aromatic heterocycles. The van der Waals surface area contributed by atoms with E-state index in [1.165, 1.54) is 0 Å². The van der Waals surface area contributed by atoms with E-state index in [9.17, 15) is 0 Å². The van der Waals surface area contributed by atoms with E-state index in [-0.39, 0.29) is 0 Å². The molecule has 0 saturated carbocycles. The number of pyridine rings is 1. The molecule has 0 amide bonds. The van der Waals surface area contributed by atoms with Crippen LogP contribution in [0.2, 0.25) is 5.02 Å². The predicted molar refractivity (Wildman–Crippen MR) is 78.0 cm³/mol. The average molecular weight is 281 g/mol. The molecule has 1 heterocycles. The fraction of sp³-hybridized carbons (Fsp3) is 0. The van der Waals surface area contributed by atoms with Crippen molar-refractivity contribution in [3.8, 4) is 17.6 Å². The van der Waals surface area contributed by atoms with Crippen molar-refractivity contribution in [2.24, 2.45) is 0 Å². The van der Waals surface area contributed by atoms with Crippen LogP contribution >= 0.6 is 11.6 Å². The summed E-state index contributed by atoms with van der Waals surface area (Å²) in [5.74, 6) is 1.08. The van der Waals surface area contributed by atoms with Crippen molar-refractivity contribution in [3.63, 3.8) is 0 Å².